The average molecular weight is 686 g/mol. The molecule has 3 N–H and O–H groups in total. The van der Waals surface area contributed by atoms with Crippen molar-refractivity contribution in [1.82, 2.24) is 5.32 Å². The van der Waals surface area contributed by atoms with Gasteiger partial charge in [0.15, 0.2) is 0 Å². The molecule has 48 heavy (non-hydrogen) atoms. The van der Waals surface area contributed by atoms with Gasteiger partial charge in [-0.25, -0.2) is 0 Å². The summed E-state index contributed by atoms with van der Waals surface area (Å²) in [5.74, 6) is -1.73. The van der Waals surface area contributed by atoms with Crippen LogP contribution >= 0.6 is 23.4 Å². The lowest BCUT2D eigenvalue weighted by molar-refractivity contribution is -0.137. The molecular weight excluding hydrogens is 659 g/mol. The lowest BCUT2D eigenvalue weighted by atomic mass is 10.1. The van der Waals surface area contributed by atoms with Gasteiger partial charge in [-0.1, -0.05) is 90.5 Å². The lowest BCUT2D eigenvalue weighted by Gasteiger charge is -2.19. The Morgan fingerprint density at radius 2 is 1.31 bits per heavy atom. The number of carbonyl (C=O) groups is 3. The van der Waals surface area contributed by atoms with Gasteiger partial charge in [0.2, 0.25) is 5.91 Å². The highest BCUT2D eigenvalue weighted by Gasteiger charge is 2.34. The molecule has 0 aromatic heterocycles. The molecule has 0 heterocycles. The zero-order chi connectivity index (χ0) is 34.1. The van der Waals surface area contributed by atoms with E-state index >= 15 is 0 Å². The van der Waals surface area contributed by atoms with Crippen LogP contribution in [0.15, 0.2) is 144 Å². The molecule has 1 unspecified atom stereocenters. The van der Waals surface area contributed by atoms with Gasteiger partial charge in [0, 0.05) is 21.2 Å². The second kappa shape index (κ2) is 15.5. The van der Waals surface area contributed by atoms with E-state index in [2.05, 4.69) is 16.0 Å². The van der Waals surface area contributed by atoms with Crippen LogP contribution in [0.1, 0.15) is 32.3 Å². The minimum absolute atomic E-state index is 0.0460. The van der Waals surface area contributed by atoms with Crippen LogP contribution in [0, 0.1) is 0 Å². The van der Waals surface area contributed by atoms with Gasteiger partial charge in [-0.2, -0.15) is 13.2 Å². The highest BCUT2D eigenvalue weighted by molar-refractivity contribution is 8.00. The number of thioether (sulfide) groups is 1. The first kappa shape index (κ1) is 34.0. The monoisotopic (exact) mass is 685 g/mol. The van der Waals surface area contributed by atoms with Crippen molar-refractivity contribution in [1.29, 1.82) is 0 Å². The van der Waals surface area contributed by atoms with Crippen LogP contribution in [0.25, 0.3) is 6.08 Å². The number of para-hydroxylation sites is 1. The summed E-state index contributed by atoms with van der Waals surface area (Å²) in [4.78, 5) is 40.4. The SMILES string of the molecule is O=C(Nc1ccc(SC(C(=O)Nc2ccccc2C(F)(F)F)c2ccccc2)cc1)/C(=C/c1ccccc1Cl)NC(=O)c1ccccc1. The first-order valence-electron chi connectivity index (χ1n) is 14.5. The molecule has 5 aromatic rings. The zero-order valence-corrected chi connectivity index (χ0v) is 26.6. The first-order valence-corrected chi connectivity index (χ1v) is 15.8. The van der Waals surface area contributed by atoms with Crippen LogP contribution in [0.2, 0.25) is 5.02 Å². The summed E-state index contributed by atoms with van der Waals surface area (Å²) in [6.45, 7) is 0. The van der Waals surface area contributed by atoms with Crippen LogP contribution in [-0.2, 0) is 15.8 Å². The molecular formula is C37H27ClF3N3O3S. The largest absolute Gasteiger partial charge is 0.418 e. The summed E-state index contributed by atoms with van der Waals surface area (Å²) in [6, 6.07) is 35.4. The van der Waals surface area contributed by atoms with Crippen molar-refractivity contribution >= 4 is 58.5 Å². The van der Waals surface area contributed by atoms with Crippen LogP contribution < -0.4 is 16.0 Å². The van der Waals surface area contributed by atoms with E-state index in [0.717, 1.165) is 17.8 Å². The predicted molar refractivity (Wildman–Crippen MR) is 184 cm³/mol. The van der Waals surface area contributed by atoms with E-state index in [1.807, 2.05) is 0 Å². The fourth-order valence-corrected chi connectivity index (χ4v) is 5.79. The molecule has 5 rings (SSSR count). The molecule has 6 nitrogen and oxygen atoms in total. The Morgan fingerprint density at radius 3 is 1.98 bits per heavy atom. The maximum atomic E-state index is 13.6. The molecule has 11 heteroatoms. The Morgan fingerprint density at radius 1 is 0.708 bits per heavy atom. The molecule has 0 spiro atoms. The summed E-state index contributed by atoms with van der Waals surface area (Å²) in [5.41, 5.74) is 0.528. The molecule has 0 aliphatic heterocycles. The number of amides is 3. The molecule has 0 saturated heterocycles. The Hall–Kier alpha value is -5.32. The Balaban J connectivity index is 1.35. The predicted octanol–water partition coefficient (Wildman–Crippen LogP) is 9.24. The van der Waals surface area contributed by atoms with Gasteiger partial charge in [0.1, 0.15) is 10.9 Å². The van der Waals surface area contributed by atoms with E-state index in [9.17, 15) is 27.6 Å². The van der Waals surface area contributed by atoms with Gasteiger partial charge in [0.25, 0.3) is 11.8 Å². The quantitative estimate of drug-likeness (QED) is 0.101. The molecule has 242 valence electrons. The van der Waals surface area contributed by atoms with Crippen molar-refractivity contribution in [3.05, 3.63) is 166 Å². The molecule has 5 aromatic carbocycles. The number of hydrogen-bond donors (Lipinski definition) is 3. The highest BCUT2D eigenvalue weighted by Crippen LogP contribution is 2.39. The third-order valence-electron chi connectivity index (χ3n) is 6.93. The minimum Gasteiger partial charge on any atom is -0.324 e. The van der Waals surface area contributed by atoms with E-state index in [1.54, 1.807) is 109 Å². The number of nitrogens with one attached hydrogen (secondary N) is 3. The van der Waals surface area contributed by atoms with Crippen LogP contribution in [0.5, 0.6) is 0 Å². The Kier molecular flexibility index (Phi) is 11.0. The lowest BCUT2D eigenvalue weighted by Crippen LogP contribution is -2.30. The maximum absolute atomic E-state index is 13.6. The van der Waals surface area contributed by atoms with E-state index in [0.29, 0.717) is 32.3 Å². The number of hydrogen-bond acceptors (Lipinski definition) is 4. The zero-order valence-electron chi connectivity index (χ0n) is 25.0. The first-order chi connectivity index (χ1) is 23.1. The number of anilines is 2. The third kappa shape index (κ3) is 8.93. The minimum atomic E-state index is -4.65. The van der Waals surface area contributed by atoms with Crippen LogP contribution in [0.4, 0.5) is 24.5 Å². The van der Waals surface area contributed by atoms with Gasteiger partial charge in [0.05, 0.1) is 11.3 Å². The number of carbonyl (C=O) groups excluding carboxylic acids is 3. The molecule has 0 aliphatic carbocycles. The molecule has 3 amide bonds. The van der Waals surface area contributed by atoms with Crippen LogP contribution in [-0.4, -0.2) is 17.7 Å². The van der Waals surface area contributed by atoms with Gasteiger partial charge in [-0.3, -0.25) is 14.4 Å². The fourth-order valence-electron chi connectivity index (χ4n) is 4.58. The Bertz CT molecular complexity index is 1940. The highest BCUT2D eigenvalue weighted by atomic mass is 35.5. The van der Waals surface area contributed by atoms with Crippen molar-refractivity contribution in [3.63, 3.8) is 0 Å². The summed E-state index contributed by atoms with van der Waals surface area (Å²) >= 11 is 7.45. The van der Waals surface area contributed by atoms with Crippen molar-refractivity contribution in [2.45, 2.75) is 16.3 Å². The van der Waals surface area contributed by atoms with Crippen LogP contribution in [0.3, 0.4) is 0 Å². The van der Waals surface area contributed by atoms with Gasteiger partial charge in [-0.15, -0.1) is 11.8 Å². The van der Waals surface area contributed by atoms with E-state index in [4.69, 9.17) is 11.6 Å². The molecule has 0 saturated carbocycles. The Labute approximate surface area is 284 Å². The molecule has 0 fully saturated rings. The maximum Gasteiger partial charge on any atom is 0.418 e. The number of benzene rings is 5. The topological polar surface area (TPSA) is 87.3 Å². The van der Waals surface area contributed by atoms with E-state index in [1.165, 1.54) is 24.3 Å². The number of rotatable bonds is 10. The van der Waals surface area contributed by atoms with E-state index < -0.39 is 34.7 Å². The average Bonchev–Trinajstić information content (AvgIpc) is 3.09. The summed E-state index contributed by atoms with van der Waals surface area (Å²) in [5, 5.41) is 7.37. The standard InChI is InChI=1S/C37H27ClF3N3O3S/c38-30-17-9-7-15-26(30)23-32(44-34(45)25-13-5-2-6-14-25)35(46)42-27-19-21-28(22-20-27)48-33(24-11-3-1-4-12-24)36(47)43-31-18-10-8-16-29(31)37(39,40)41/h1-23,33H,(H,42,46)(H,43,47)(H,44,45)/b32-23-. The van der Waals surface area contributed by atoms with Gasteiger partial charge in [-0.05, 0) is 71.8 Å². The van der Waals surface area contributed by atoms with Crippen molar-refractivity contribution < 1.29 is 27.6 Å². The van der Waals surface area contributed by atoms with E-state index in [-0.39, 0.29) is 11.4 Å². The van der Waals surface area contributed by atoms with Crippen molar-refractivity contribution in [2.75, 3.05) is 10.6 Å². The normalized spacial score (nSPS) is 12.1. The van der Waals surface area contributed by atoms with Gasteiger partial charge >= 0.3 is 6.18 Å². The summed E-state index contributed by atoms with van der Waals surface area (Å²) < 4.78 is 40.8. The number of halogens is 4. The second-order valence-electron chi connectivity index (χ2n) is 10.3. The van der Waals surface area contributed by atoms with Gasteiger partial charge < -0.3 is 16.0 Å². The molecule has 0 aliphatic rings. The summed E-state index contributed by atoms with van der Waals surface area (Å²) in [7, 11) is 0. The van der Waals surface area contributed by atoms with Crippen molar-refractivity contribution in [2.24, 2.45) is 0 Å². The molecule has 0 radical (unpaired) electrons. The second-order valence-corrected chi connectivity index (χ2v) is 11.9. The smallest absolute Gasteiger partial charge is 0.324 e. The third-order valence-corrected chi connectivity index (χ3v) is 8.54. The summed E-state index contributed by atoms with van der Waals surface area (Å²) in [6.07, 6.45) is -3.17. The molecule has 1 atom stereocenters. The number of alkyl halides is 3. The molecule has 0 bridgehead atoms. The fraction of sp³-hybridized carbons (Fsp3) is 0.0541. The van der Waals surface area contributed by atoms with Crippen molar-refractivity contribution in [3.8, 4) is 0 Å².